The van der Waals surface area contributed by atoms with E-state index in [1.165, 1.54) is 0 Å². The quantitative estimate of drug-likeness (QED) is 0.612. The molecule has 0 saturated carbocycles. The normalized spacial score (nSPS) is 12.6. The molecule has 0 aliphatic heterocycles. The summed E-state index contributed by atoms with van der Waals surface area (Å²) in [5.74, 6) is 0. The van der Waals surface area contributed by atoms with Gasteiger partial charge in [0.15, 0.2) is 0 Å². The largest absolute Gasteiger partial charge is 0.451 e. The van der Waals surface area contributed by atoms with Gasteiger partial charge in [-0.15, -0.1) is 0 Å². The van der Waals surface area contributed by atoms with Crippen LogP contribution in [0.1, 0.15) is 26.2 Å². The standard InChI is InChI=1S/C7H12ClFO2/c1-2-3-4-6(9)5-11-7(8)10/h6H,2-5H2,1H3. The number of carbonyl (C=O) groups is 1. The van der Waals surface area contributed by atoms with Gasteiger partial charge in [-0.05, 0) is 6.42 Å². The highest BCUT2D eigenvalue weighted by Gasteiger charge is 2.07. The average molecular weight is 183 g/mol. The smallest absolute Gasteiger partial charge is 0.403 e. The van der Waals surface area contributed by atoms with Gasteiger partial charge in [0.25, 0.3) is 0 Å². The van der Waals surface area contributed by atoms with Crippen LogP contribution >= 0.6 is 11.6 Å². The Hall–Kier alpha value is -0.310. The number of alkyl halides is 1. The van der Waals surface area contributed by atoms with Gasteiger partial charge in [-0.3, -0.25) is 0 Å². The molecule has 4 heteroatoms. The van der Waals surface area contributed by atoms with Crippen LogP contribution < -0.4 is 0 Å². The number of carbonyl (C=O) groups excluding carboxylic acids is 1. The van der Waals surface area contributed by atoms with Crippen molar-refractivity contribution >= 4 is 17.0 Å². The number of hydrogen-bond donors (Lipinski definition) is 0. The van der Waals surface area contributed by atoms with Crippen LogP contribution in [0.5, 0.6) is 0 Å². The number of ether oxygens (including phenoxy) is 1. The summed E-state index contributed by atoms with van der Waals surface area (Å²) in [4.78, 5) is 10.00. The van der Waals surface area contributed by atoms with E-state index >= 15 is 0 Å². The lowest BCUT2D eigenvalue weighted by Crippen LogP contribution is -2.11. The SMILES string of the molecule is CCCCC(F)COC(=O)Cl. The van der Waals surface area contributed by atoms with Gasteiger partial charge < -0.3 is 4.74 Å². The Morgan fingerprint density at radius 3 is 2.82 bits per heavy atom. The minimum atomic E-state index is -1.07. The highest BCUT2D eigenvalue weighted by molar-refractivity contribution is 6.61. The molecule has 0 amide bonds. The van der Waals surface area contributed by atoms with Crippen LogP contribution in [0.3, 0.4) is 0 Å². The van der Waals surface area contributed by atoms with Gasteiger partial charge in [0.05, 0.1) is 0 Å². The third kappa shape index (κ3) is 7.59. The Morgan fingerprint density at radius 1 is 1.73 bits per heavy atom. The second-order valence-electron chi connectivity index (χ2n) is 2.29. The summed E-state index contributed by atoms with van der Waals surface area (Å²) in [6.45, 7) is 1.75. The fraction of sp³-hybridized carbons (Fsp3) is 0.857. The lowest BCUT2D eigenvalue weighted by molar-refractivity contribution is 0.128. The van der Waals surface area contributed by atoms with Crippen molar-refractivity contribution in [1.82, 2.24) is 0 Å². The fourth-order valence-electron chi connectivity index (χ4n) is 0.665. The summed E-state index contributed by atoms with van der Waals surface area (Å²) in [7, 11) is 0. The number of hydrogen-bond acceptors (Lipinski definition) is 2. The fourth-order valence-corrected chi connectivity index (χ4v) is 0.728. The Kier molecular flexibility index (Phi) is 6.22. The number of halogens is 2. The van der Waals surface area contributed by atoms with Gasteiger partial charge >= 0.3 is 5.43 Å². The highest BCUT2D eigenvalue weighted by Crippen LogP contribution is 2.05. The van der Waals surface area contributed by atoms with E-state index in [2.05, 4.69) is 4.74 Å². The van der Waals surface area contributed by atoms with Crippen LogP contribution in [0, 0.1) is 0 Å². The minimum Gasteiger partial charge on any atom is -0.451 e. The monoisotopic (exact) mass is 182 g/mol. The van der Waals surface area contributed by atoms with Crippen LogP contribution in [-0.2, 0) is 4.74 Å². The molecule has 0 aliphatic rings. The summed E-state index contributed by atoms with van der Waals surface area (Å²) in [5.41, 5.74) is -0.941. The van der Waals surface area contributed by atoms with Crippen molar-refractivity contribution in [1.29, 1.82) is 0 Å². The Labute approximate surface area is 70.7 Å². The second-order valence-corrected chi connectivity index (χ2v) is 2.60. The summed E-state index contributed by atoms with van der Waals surface area (Å²) < 4.78 is 16.9. The molecule has 1 atom stereocenters. The Balaban J connectivity index is 3.22. The molecule has 2 nitrogen and oxygen atoms in total. The van der Waals surface area contributed by atoms with Gasteiger partial charge in [0.1, 0.15) is 12.8 Å². The van der Waals surface area contributed by atoms with Crippen LogP contribution in [0.4, 0.5) is 9.18 Å². The molecule has 11 heavy (non-hydrogen) atoms. The number of rotatable bonds is 5. The molecule has 0 radical (unpaired) electrons. The number of unbranched alkanes of at least 4 members (excludes halogenated alkanes) is 1. The summed E-state index contributed by atoms with van der Waals surface area (Å²) in [5, 5.41) is 0. The van der Waals surface area contributed by atoms with E-state index in [-0.39, 0.29) is 6.61 Å². The van der Waals surface area contributed by atoms with E-state index in [0.717, 1.165) is 12.8 Å². The van der Waals surface area contributed by atoms with Crippen molar-refractivity contribution < 1.29 is 13.9 Å². The van der Waals surface area contributed by atoms with Crippen molar-refractivity contribution in [3.8, 4) is 0 Å². The molecule has 66 valence electrons. The summed E-state index contributed by atoms with van der Waals surface area (Å²) in [6.07, 6.45) is 1.11. The van der Waals surface area contributed by atoms with Crippen molar-refractivity contribution in [2.45, 2.75) is 32.4 Å². The first kappa shape index (κ1) is 10.7. The van der Waals surface area contributed by atoms with Crippen LogP contribution in [0.15, 0.2) is 0 Å². The van der Waals surface area contributed by atoms with Gasteiger partial charge in [-0.1, -0.05) is 19.8 Å². The zero-order valence-electron chi connectivity index (χ0n) is 6.48. The molecule has 1 unspecified atom stereocenters. The molecule has 0 aromatic rings. The van der Waals surface area contributed by atoms with E-state index in [0.29, 0.717) is 6.42 Å². The summed E-state index contributed by atoms with van der Waals surface area (Å²) >= 11 is 4.83. The maximum Gasteiger partial charge on any atom is 0.403 e. The van der Waals surface area contributed by atoms with E-state index in [1.807, 2.05) is 6.92 Å². The van der Waals surface area contributed by atoms with Crippen molar-refractivity contribution in [2.75, 3.05) is 6.61 Å². The van der Waals surface area contributed by atoms with E-state index in [1.54, 1.807) is 0 Å². The van der Waals surface area contributed by atoms with Crippen LogP contribution in [-0.4, -0.2) is 18.2 Å². The van der Waals surface area contributed by atoms with Crippen molar-refractivity contribution in [2.24, 2.45) is 0 Å². The molecule has 0 heterocycles. The van der Waals surface area contributed by atoms with Gasteiger partial charge in [0.2, 0.25) is 0 Å². The molecule has 0 aliphatic carbocycles. The van der Waals surface area contributed by atoms with E-state index < -0.39 is 11.6 Å². The molecule has 0 N–H and O–H groups in total. The third-order valence-corrected chi connectivity index (χ3v) is 1.36. The third-order valence-electron chi connectivity index (χ3n) is 1.25. The first-order valence-corrected chi connectivity index (χ1v) is 4.01. The van der Waals surface area contributed by atoms with Crippen LogP contribution in [0.2, 0.25) is 0 Å². The topological polar surface area (TPSA) is 26.3 Å². The second kappa shape index (κ2) is 6.40. The highest BCUT2D eigenvalue weighted by atomic mass is 35.5. The maximum atomic E-state index is 12.6. The van der Waals surface area contributed by atoms with Crippen molar-refractivity contribution in [3.63, 3.8) is 0 Å². The predicted octanol–water partition coefficient (Wildman–Crippen LogP) is 2.89. The molecular weight excluding hydrogens is 171 g/mol. The Bertz CT molecular complexity index is 119. The molecular formula is C7H12ClFO2. The van der Waals surface area contributed by atoms with Crippen LogP contribution in [0.25, 0.3) is 0 Å². The zero-order chi connectivity index (χ0) is 8.69. The predicted molar refractivity (Wildman–Crippen MR) is 41.6 cm³/mol. The van der Waals surface area contributed by atoms with Gasteiger partial charge in [-0.25, -0.2) is 9.18 Å². The zero-order valence-corrected chi connectivity index (χ0v) is 7.23. The molecule has 0 aromatic carbocycles. The lowest BCUT2D eigenvalue weighted by atomic mass is 10.2. The van der Waals surface area contributed by atoms with E-state index in [4.69, 9.17) is 11.6 Å². The summed E-state index contributed by atoms with van der Waals surface area (Å²) in [6, 6.07) is 0. The first-order chi connectivity index (χ1) is 5.16. The maximum absolute atomic E-state index is 12.6. The molecule has 0 bridgehead atoms. The first-order valence-electron chi connectivity index (χ1n) is 3.63. The minimum absolute atomic E-state index is 0.220. The molecule has 0 aromatic heterocycles. The van der Waals surface area contributed by atoms with Crippen molar-refractivity contribution in [3.05, 3.63) is 0 Å². The lowest BCUT2D eigenvalue weighted by Gasteiger charge is -2.05. The van der Waals surface area contributed by atoms with Gasteiger partial charge in [0, 0.05) is 11.6 Å². The van der Waals surface area contributed by atoms with E-state index in [9.17, 15) is 9.18 Å². The molecule has 0 rings (SSSR count). The molecule has 0 saturated heterocycles. The molecule has 0 spiro atoms. The van der Waals surface area contributed by atoms with Gasteiger partial charge in [-0.2, -0.15) is 0 Å². The molecule has 0 fully saturated rings. The average Bonchev–Trinajstić information content (AvgIpc) is 1.97. The Morgan fingerprint density at radius 2 is 2.36 bits per heavy atom.